The summed E-state index contributed by atoms with van der Waals surface area (Å²) in [4.78, 5) is 68.0. The Balaban J connectivity index is 1.26. The first-order chi connectivity index (χ1) is 20.6. The first kappa shape index (κ1) is 30.9. The predicted molar refractivity (Wildman–Crippen MR) is 152 cm³/mol. The molecule has 2 heterocycles. The minimum absolute atomic E-state index is 0.0592. The number of amides is 3. The van der Waals surface area contributed by atoms with Gasteiger partial charge in [-0.15, -0.1) is 0 Å². The van der Waals surface area contributed by atoms with Crippen LogP contribution in [0.3, 0.4) is 0 Å². The van der Waals surface area contributed by atoms with E-state index in [1.807, 2.05) is 11.3 Å². The second kappa shape index (κ2) is 14.2. The average molecular weight is 596 g/mol. The number of carbonyl (C=O) groups excluding carboxylic acids is 3. The Morgan fingerprint density at radius 3 is 1.95 bits per heavy atom. The number of nitrogens with zero attached hydrogens (tertiary/aromatic N) is 6. The molecule has 0 spiro atoms. The molecule has 0 bridgehead atoms. The van der Waals surface area contributed by atoms with Crippen LogP contribution in [0.1, 0.15) is 30.9 Å². The Morgan fingerprint density at radius 1 is 0.837 bits per heavy atom. The Bertz CT molecular complexity index is 1380. The molecule has 0 N–H and O–H groups in total. The van der Waals surface area contributed by atoms with E-state index in [0.29, 0.717) is 56.0 Å². The van der Waals surface area contributed by atoms with E-state index in [1.165, 1.54) is 53.4 Å². The molecule has 2 aliphatic rings. The summed E-state index contributed by atoms with van der Waals surface area (Å²) in [5.41, 5.74) is 1.05. The van der Waals surface area contributed by atoms with Gasteiger partial charge in [0.25, 0.3) is 11.4 Å². The Labute approximate surface area is 247 Å². The molecule has 0 saturated carbocycles. The molecular weight excluding hydrogens is 564 g/mol. The quantitative estimate of drug-likeness (QED) is 0.198. The van der Waals surface area contributed by atoms with Gasteiger partial charge in [-0.05, 0) is 61.6 Å². The topological polar surface area (TPSA) is 178 Å². The molecular formula is C28H31N6O9. The summed E-state index contributed by atoms with van der Waals surface area (Å²) in [6, 6.07) is 10.7. The lowest BCUT2D eigenvalue weighted by Gasteiger charge is -2.29. The number of nitro benzene ring substituents is 2. The normalized spacial score (nSPS) is 17.3. The van der Waals surface area contributed by atoms with Gasteiger partial charge in [-0.2, -0.15) is 4.99 Å². The number of likely N-dealkylation sites (tertiary alicyclic amines) is 1. The van der Waals surface area contributed by atoms with Crippen LogP contribution >= 0.6 is 0 Å². The number of ether oxygens (including phenoxy) is 2. The maximum atomic E-state index is 13.4. The van der Waals surface area contributed by atoms with Gasteiger partial charge in [-0.3, -0.25) is 29.9 Å². The van der Waals surface area contributed by atoms with Gasteiger partial charge in [0.1, 0.15) is 25.1 Å². The smallest absolute Gasteiger partial charge is 0.435 e. The van der Waals surface area contributed by atoms with Crippen molar-refractivity contribution in [3.05, 3.63) is 86.3 Å². The van der Waals surface area contributed by atoms with Crippen molar-refractivity contribution in [1.29, 1.82) is 0 Å². The van der Waals surface area contributed by atoms with Crippen LogP contribution in [0.4, 0.5) is 21.0 Å². The summed E-state index contributed by atoms with van der Waals surface area (Å²) in [6.07, 6.45) is 1.43. The van der Waals surface area contributed by atoms with Gasteiger partial charge in [0, 0.05) is 57.0 Å². The molecule has 2 fully saturated rings. The lowest BCUT2D eigenvalue weighted by Crippen LogP contribution is -2.49. The minimum Gasteiger partial charge on any atom is -0.445 e. The van der Waals surface area contributed by atoms with Crippen LogP contribution in [0, 0.1) is 26.6 Å². The van der Waals surface area contributed by atoms with Crippen LogP contribution in [0.2, 0.25) is 0 Å². The lowest BCUT2D eigenvalue weighted by molar-refractivity contribution is -0.385. The summed E-state index contributed by atoms with van der Waals surface area (Å²) in [6.45, 7) is 3.61. The first-order valence-electron chi connectivity index (χ1n) is 13.6. The van der Waals surface area contributed by atoms with Crippen molar-refractivity contribution in [2.24, 2.45) is 4.99 Å². The maximum absolute atomic E-state index is 13.4. The molecule has 2 saturated heterocycles. The standard InChI is InChI=1S/C28H31N6O9/c1-20(29-27(36)42-18-21-5-9-23(10-6-21)33(38)39)30-13-3-14-31(17-16-30)26(35)25-4-2-15-32(25)28(37)43-19-22-7-11-24(12-8-22)34(40)41/h2,5-12,25H,3-4,13-19H2,1H3. The van der Waals surface area contributed by atoms with E-state index in [0.717, 1.165) is 0 Å². The van der Waals surface area contributed by atoms with E-state index in [-0.39, 0.29) is 37.0 Å². The SMILES string of the molecule is CC(=NC(=O)OCc1ccc([N+](=O)[O-])cc1)N1CCCN(C(=O)C2C[CH]CN2C(=O)OCc2ccc([N+](=O)[O-])cc2)CC1. The van der Waals surface area contributed by atoms with E-state index in [1.54, 1.807) is 11.8 Å². The molecule has 4 rings (SSSR count). The third kappa shape index (κ3) is 8.24. The summed E-state index contributed by atoms with van der Waals surface area (Å²) >= 11 is 0. The fraction of sp³-hybridized carbons (Fsp3) is 0.393. The van der Waals surface area contributed by atoms with Crippen molar-refractivity contribution in [2.75, 3.05) is 32.7 Å². The van der Waals surface area contributed by atoms with Gasteiger partial charge in [-0.25, -0.2) is 9.59 Å². The number of rotatable bonds is 7. The largest absolute Gasteiger partial charge is 0.445 e. The molecule has 227 valence electrons. The van der Waals surface area contributed by atoms with E-state index in [9.17, 15) is 34.6 Å². The van der Waals surface area contributed by atoms with E-state index < -0.39 is 28.1 Å². The van der Waals surface area contributed by atoms with Gasteiger partial charge in [-0.1, -0.05) is 0 Å². The third-order valence-electron chi connectivity index (χ3n) is 7.15. The van der Waals surface area contributed by atoms with Crippen molar-refractivity contribution in [1.82, 2.24) is 14.7 Å². The van der Waals surface area contributed by atoms with Gasteiger partial charge in [0.2, 0.25) is 5.91 Å². The molecule has 15 nitrogen and oxygen atoms in total. The molecule has 1 atom stereocenters. The number of nitro groups is 2. The van der Waals surface area contributed by atoms with Crippen molar-refractivity contribution >= 4 is 35.3 Å². The van der Waals surface area contributed by atoms with Crippen molar-refractivity contribution in [3.8, 4) is 0 Å². The Morgan fingerprint density at radius 2 is 1.37 bits per heavy atom. The highest BCUT2D eigenvalue weighted by Gasteiger charge is 2.38. The number of hydrogen-bond donors (Lipinski definition) is 0. The van der Waals surface area contributed by atoms with Crippen LogP contribution in [-0.4, -0.2) is 87.2 Å². The van der Waals surface area contributed by atoms with Crippen molar-refractivity contribution in [3.63, 3.8) is 0 Å². The number of benzene rings is 2. The van der Waals surface area contributed by atoms with Gasteiger partial charge < -0.3 is 19.3 Å². The molecule has 2 aromatic rings. The highest BCUT2D eigenvalue weighted by atomic mass is 16.6. The number of amidine groups is 1. The average Bonchev–Trinajstić information content (AvgIpc) is 3.36. The molecule has 2 aliphatic heterocycles. The van der Waals surface area contributed by atoms with Crippen LogP contribution in [0.15, 0.2) is 53.5 Å². The second-order valence-corrected chi connectivity index (χ2v) is 9.97. The number of carbonyl (C=O) groups is 3. The zero-order valence-electron chi connectivity index (χ0n) is 23.5. The van der Waals surface area contributed by atoms with Crippen molar-refractivity contribution < 1.29 is 33.7 Å². The second-order valence-electron chi connectivity index (χ2n) is 9.97. The highest BCUT2D eigenvalue weighted by molar-refractivity contribution is 5.90. The monoisotopic (exact) mass is 595 g/mol. The number of aliphatic imine (C=N–C) groups is 1. The summed E-state index contributed by atoms with van der Waals surface area (Å²) in [5.74, 6) is 0.244. The van der Waals surface area contributed by atoms with Crippen LogP contribution in [-0.2, 0) is 27.5 Å². The Hall–Kier alpha value is -5.08. The van der Waals surface area contributed by atoms with Gasteiger partial charge in [0.05, 0.1) is 9.85 Å². The number of non-ortho nitro benzene ring substituents is 2. The van der Waals surface area contributed by atoms with E-state index in [4.69, 9.17) is 9.47 Å². The van der Waals surface area contributed by atoms with Gasteiger partial charge >= 0.3 is 12.2 Å². The zero-order chi connectivity index (χ0) is 30.9. The van der Waals surface area contributed by atoms with Crippen LogP contribution in [0.25, 0.3) is 0 Å². The summed E-state index contributed by atoms with van der Waals surface area (Å²) in [5, 5.41) is 21.6. The van der Waals surface area contributed by atoms with E-state index >= 15 is 0 Å². The Kier molecular flexibility index (Phi) is 10.2. The molecule has 1 radical (unpaired) electrons. The summed E-state index contributed by atoms with van der Waals surface area (Å²) < 4.78 is 10.6. The minimum atomic E-state index is -0.794. The van der Waals surface area contributed by atoms with Crippen molar-refractivity contribution in [2.45, 2.75) is 39.0 Å². The zero-order valence-corrected chi connectivity index (χ0v) is 23.5. The predicted octanol–water partition coefficient (Wildman–Crippen LogP) is 3.71. The molecule has 15 heteroatoms. The molecule has 0 aliphatic carbocycles. The van der Waals surface area contributed by atoms with Crippen LogP contribution < -0.4 is 0 Å². The molecule has 1 unspecified atom stereocenters. The lowest BCUT2D eigenvalue weighted by atomic mass is 10.2. The molecule has 2 aromatic carbocycles. The molecule has 43 heavy (non-hydrogen) atoms. The number of hydrogen-bond acceptors (Lipinski definition) is 9. The van der Waals surface area contributed by atoms with E-state index in [2.05, 4.69) is 4.99 Å². The molecule has 0 aromatic heterocycles. The fourth-order valence-corrected chi connectivity index (χ4v) is 4.77. The third-order valence-corrected chi connectivity index (χ3v) is 7.15. The maximum Gasteiger partial charge on any atom is 0.435 e. The highest BCUT2D eigenvalue weighted by Crippen LogP contribution is 2.22. The molecule has 3 amide bonds. The van der Waals surface area contributed by atoms with Gasteiger partial charge in [0.15, 0.2) is 0 Å². The first-order valence-corrected chi connectivity index (χ1v) is 13.6. The fourth-order valence-electron chi connectivity index (χ4n) is 4.77. The summed E-state index contributed by atoms with van der Waals surface area (Å²) in [7, 11) is 0. The van der Waals surface area contributed by atoms with Crippen LogP contribution in [0.5, 0.6) is 0 Å².